The van der Waals surface area contributed by atoms with E-state index in [-0.39, 0.29) is 24.7 Å². The lowest BCUT2D eigenvalue weighted by molar-refractivity contribution is -0.137. The van der Waals surface area contributed by atoms with Crippen LogP contribution in [0.3, 0.4) is 0 Å². The molecule has 0 bridgehead atoms. The molecule has 25 heavy (non-hydrogen) atoms. The van der Waals surface area contributed by atoms with Gasteiger partial charge in [-0.2, -0.15) is 0 Å². The summed E-state index contributed by atoms with van der Waals surface area (Å²) in [6.45, 7) is 5.56. The number of amides is 1. The van der Waals surface area contributed by atoms with E-state index in [4.69, 9.17) is 21.2 Å². The van der Waals surface area contributed by atoms with E-state index in [0.29, 0.717) is 16.3 Å². The van der Waals surface area contributed by atoms with Crippen LogP contribution in [0, 0.1) is 13.8 Å². The number of nitrogens with zero attached hydrogens (tertiary/aromatic N) is 1. The van der Waals surface area contributed by atoms with Crippen LogP contribution in [0.25, 0.3) is 0 Å². The zero-order chi connectivity index (χ0) is 18.6. The van der Waals surface area contributed by atoms with E-state index in [1.165, 1.54) is 0 Å². The second-order valence-electron chi connectivity index (χ2n) is 6.11. The molecule has 0 spiro atoms. The van der Waals surface area contributed by atoms with E-state index >= 15 is 0 Å². The van der Waals surface area contributed by atoms with Crippen LogP contribution in [-0.2, 0) is 9.59 Å². The maximum atomic E-state index is 12.4. The van der Waals surface area contributed by atoms with Crippen LogP contribution in [0.5, 0.6) is 0 Å². The lowest BCUT2D eigenvalue weighted by Gasteiger charge is -2.19. The average molecular weight is 365 g/mol. The first-order valence-electron chi connectivity index (χ1n) is 7.97. The normalized spacial score (nSPS) is 13.3. The number of hydrogen-bond donors (Lipinski definition) is 2. The second kappa shape index (κ2) is 8.16. The van der Waals surface area contributed by atoms with Crippen molar-refractivity contribution in [1.82, 2.24) is 10.5 Å². The molecule has 2 atom stereocenters. The Morgan fingerprint density at radius 2 is 1.88 bits per heavy atom. The second-order valence-corrected chi connectivity index (χ2v) is 6.55. The van der Waals surface area contributed by atoms with Crippen LogP contribution in [0.2, 0.25) is 5.02 Å². The highest BCUT2D eigenvalue weighted by Gasteiger charge is 2.22. The Bertz CT molecular complexity index is 735. The fourth-order valence-electron chi connectivity index (χ4n) is 2.95. The van der Waals surface area contributed by atoms with Crippen LogP contribution >= 0.6 is 11.6 Å². The molecule has 6 nitrogen and oxygen atoms in total. The van der Waals surface area contributed by atoms with Crippen LogP contribution in [-0.4, -0.2) is 22.1 Å². The number of aryl methyl sites for hydroxylation is 2. The number of carboxylic acid groups (broad SMARTS) is 1. The maximum absolute atomic E-state index is 12.4. The number of aromatic nitrogens is 1. The summed E-state index contributed by atoms with van der Waals surface area (Å²) >= 11 is 5.86. The monoisotopic (exact) mass is 364 g/mol. The molecule has 134 valence electrons. The number of halogens is 1. The Kier molecular flexibility index (Phi) is 6.20. The molecule has 0 saturated carbocycles. The van der Waals surface area contributed by atoms with Crippen molar-refractivity contribution in [3.63, 3.8) is 0 Å². The molecule has 2 rings (SSSR count). The molecule has 0 radical (unpaired) electrons. The van der Waals surface area contributed by atoms with E-state index < -0.39 is 12.0 Å². The number of aliphatic carboxylic acids is 1. The molecule has 0 aliphatic rings. The number of carboxylic acids is 1. The van der Waals surface area contributed by atoms with E-state index in [1.54, 1.807) is 24.3 Å². The minimum atomic E-state index is -0.987. The van der Waals surface area contributed by atoms with Gasteiger partial charge in [0.2, 0.25) is 5.91 Å². The van der Waals surface area contributed by atoms with Gasteiger partial charge in [-0.25, -0.2) is 0 Å². The first kappa shape index (κ1) is 19.0. The highest BCUT2D eigenvalue weighted by atomic mass is 35.5. The highest BCUT2D eigenvalue weighted by molar-refractivity contribution is 6.30. The fourth-order valence-corrected chi connectivity index (χ4v) is 3.07. The lowest BCUT2D eigenvalue weighted by Crippen LogP contribution is -2.31. The zero-order valence-corrected chi connectivity index (χ0v) is 15.1. The van der Waals surface area contributed by atoms with E-state index in [1.807, 2.05) is 20.8 Å². The topological polar surface area (TPSA) is 92.4 Å². The largest absolute Gasteiger partial charge is 0.481 e. The molecule has 1 aromatic carbocycles. The standard InChI is InChI=1S/C18H21ClN2O4/c1-10(18-11(2)21-25-12(18)3)8-16(22)20-15(9-17(23)24)13-4-6-14(19)7-5-13/h4-7,10,15H,8-9H2,1-3H3,(H,20,22)(H,23,24)/t10?,15-/m0/s1. The number of carbonyl (C=O) groups is 2. The molecule has 2 aromatic rings. The van der Waals surface area contributed by atoms with Crippen molar-refractivity contribution in [1.29, 1.82) is 0 Å². The quantitative estimate of drug-likeness (QED) is 0.780. The van der Waals surface area contributed by atoms with Crippen LogP contribution in [0.15, 0.2) is 28.8 Å². The number of hydrogen-bond acceptors (Lipinski definition) is 4. The van der Waals surface area contributed by atoms with Crippen molar-refractivity contribution in [3.05, 3.63) is 51.9 Å². The average Bonchev–Trinajstić information content (AvgIpc) is 2.85. The number of carbonyl (C=O) groups excluding carboxylic acids is 1. The Morgan fingerprint density at radius 3 is 2.40 bits per heavy atom. The Balaban J connectivity index is 2.08. The van der Waals surface area contributed by atoms with E-state index in [0.717, 1.165) is 11.3 Å². The third-order valence-electron chi connectivity index (χ3n) is 4.06. The van der Waals surface area contributed by atoms with E-state index in [9.17, 15) is 9.59 Å². The van der Waals surface area contributed by atoms with Gasteiger partial charge in [0.1, 0.15) is 5.76 Å². The minimum Gasteiger partial charge on any atom is -0.481 e. The molecule has 0 fully saturated rings. The van der Waals surface area contributed by atoms with Gasteiger partial charge in [-0.05, 0) is 37.5 Å². The SMILES string of the molecule is Cc1noc(C)c1C(C)CC(=O)N[C@@H](CC(=O)O)c1ccc(Cl)cc1. The lowest BCUT2D eigenvalue weighted by atomic mass is 9.95. The molecule has 0 aliphatic heterocycles. The van der Waals surface area contributed by atoms with Crippen molar-refractivity contribution in [2.45, 2.75) is 45.6 Å². The Hall–Kier alpha value is -2.34. The van der Waals surface area contributed by atoms with Crippen molar-refractivity contribution in [2.75, 3.05) is 0 Å². The van der Waals surface area contributed by atoms with Gasteiger partial charge >= 0.3 is 5.97 Å². The molecule has 1 amide bonds. The third kappa shape index (κ3) is 5.06. The molecule has 2 N–H and O–H groups in total. The first-order chi connectivity index (χ1) is 11.8. The minimum absolute atomic E-state index is 0.0815. The molecule has 0 saturated heterocycles. The van der Waals surface area contributed by atoms with Crippen molar-refractivity contribution >= 4 is 23.5 Å². The first-order valence-corrected chi connectivity index (χ1v) is 8.35. The summed E-state index contributed by atoms with van der Waals surface area (Å²) in [5.74, 6) is -0.604. The van der Waals surface area contributed by atoms with Gasteiger partial charge in [0.05, 0.1) is 18.2 Å². The maximum Gasteiger partial charge on any atom is 0.305 e. The predicted molar refractivity (Wildman–Crippen MR) is 93.6 cm³/mol. The van der Waals surface area contributed by atoms with E-state index in [2.05, 4.69) is 10.5 Å². The summed E-state index contributed by atoms with van der Waals surface area (Å²) < 4.78 is 5.14. The molecule has 7 heteroatoms. The summed E-state index contributed by atoms with van der Waals surface area (Å²) in [6, 6.07) is 6.16. The summed E-state index contributed by atoms with van der Waals surface area (Å²) in [5.41, 5.74) is 2.37. The summed E-state index contributed by atoms with van der Waals surface area (Å²) in [7, 11) is 0. The van der Waals surface area contributed by atoms with Crippen molar-refractivity contribution < 1.29 is 19.2 Å². The van der Waals surface area contributed by atoms with Crippen molar-refractivity contribution in [2.24, 2.45) is 0 Å². The summed E-state index contributed by atoms with van der Waals surface area (Å²) in [5, 5.41) is 16.4. The van der Waals surface area contributed by atoms with Gasteiger partial charge in [-0.3, -0.25) is 9.59 Å². The van der Waals surface area contributed by atoms with Gasteiger partial charge in [-0.1, -0.05) is 35.8 Å². The molecule has 1 unspecified atom stereocenters. The van der Waals surface area contributed by atoms with Crippen molar-refractivity contribution in [3.8, 4) is 0 Å². The van der Waals surface area contributed by atoms with Gasteiger partial charge in [0.15, 0.2) is 0 Å². The Morgan fingerprint density at radius 1 is 1.24 bits per heavy atom. The summed E-state index contributed by atoms with van der Waals surface area (Å²) in [6.07, 6.45) is 0.0136. The zero-order valence-electron chi connectivity index (χ0n) is 14.4. The summed E-state index contributed by atoms with van der Waals surface area (Å²) in [4.78, 5) is 23.6. The van der Waals surface area contributed by atoms with Gasteiger partial charge in [-0.15, -0.1) is 0 Å². The van der Waals surface area contributed by atoms with Gasteiger partial charge in [0.25, 0.3) is 0 Å². The highest BCUT2D eigenvalue weighted by Crippen LogP contribution is 2.26. The Labute approximate surface area is 151 Å². The fraction of sp³-hybridized carbons (Fsp3) is 0.389. The molecular formula is C18H21ClN2O4. The number of rotatable bonds is 7. The number of benzene rings is 1. The third-order valence-corrected chi connectivity index (χ3v) is 4.31. The molecule has 1 heterocycles. The van der Waals surface area contributed by atoms with Crippen LogP contribution in [0.4, 0.5) is 0 Å². The molecule has 1 aromatic heterocycles. The van der Waals surface area contributed by atoms with Crippen LogP contribution < -0.4 is 5.32 Å². The predicted octanol–water partition coefficient (Wildman–Crippen LogP) is 3.77. The molecule has 0 aliphatic carbocycles. The smallest absolute Gasteiger partial charge is 0.305 e. The van der Waals surface area contributed by atoms with Gasteiger partial charge in [0, 0.05) is 17.0 Å². The molecular weight excluding hydrogens is 344 g/mol. The van der Waals surface area contributed by atoms with Crippen LogP contribution in [0.1, 0.15) is 54.3 Å². The van der Waals surface area contributed by atoms with Gasteiger partial charge < -0.3 is 14.9 Å². The number of nitrogens with one attached hydrogen (secondary N) is 1.